The Labute approximate surface area is 152 Å². The van der Waals surface area contributed by atoms with Crippen molar-refractivity contribution in [1.29, 1.82) is 0 Å². The third-order valence-electron chi connectivity index (χ3n) is 3.24. The molecule has 0 radical (unpaired) electrons. The van der Waals surface area contributed by atoms with Gasteiger partial charge in [0.15, 0.2) is 38.3 Å². The number of hydrogen-bond donors (Lipinski definition) is 2. The van der Waals surface area contributed by atoms with Crippen molar-refractivity contribution in [3.63, 3.8) is 0 Å². The molecule has 2 aromatic rings. The molecule has 1 aliphatic heterocycles. The number of phenols is 2. The summed E-state index contributed by atoms with van der Waals surface area (Å²) in [5.74, 6) is 0.461. The van der Waals surface area contributed by atoms with E-state index in [1.807, 2.05) is 0 Å². The minimum Gasteiger partial charge on any atom is -0.504 e. The van der Waals surface area contributed by atoms with Crippen molar-refractivity contribution in [2.45, 2.75) is 15.6 Å². The first-order valence-corrected chi connectivity index (χ1v) is 8.07. The van der Waals surface area contributed by atoms with E-state index in [9.17, 15) is 10.2 Å². The van der Waals surface area contributed by atoms with E-state index in [2.05, 4.69) is 0 Å². The molecule has 0 fully saturated rings. The SMILES string of the molecule is Oc1cc2c(c(C(Cl)CC(Cl)(Cl)Cl)c1O)Oc1ccccc1O2. The second-order valence-electron chi connectivity index (χ2n) is 4.92. The number of benzene rings is 2. The lowest BCUT2D eigenvalue weighted by Gasteiger charge is -2.26. The van der Waals surface area contributed by atoms with Crippen molar-refractivity contribution in [3.05, 3.63) is 35.9 Å². The van der Waals surface area contributed by atoms with Crippen LogP contribution >= 0.6 is 46.4 Å². The average molecular weight is 396 g/mol. The summed E-state index contributed by atoms with van der Waals surface area (Å²) in [6, 6.07) is 8.20. The number of halogens is 4. The van der Waals surface area contributed by atoms with E-state index in [0.717, 1.165) is 0 Å². The molecular weight excluding hydrogens is 386 g/mol. The van der Waals surface area contributed by atoms with Crippen LogP contribution in [0.4, 0.5) is 0 Å². The predicted molar refractivity (Wildman–Crippen MR) is 89.9 cm³/mol. The van der Waals surface area contributed by atoms with Crippen LogP contribution < -0.4 is 9.47 Å². The van der Waals surface area contributed by atoms with Gasteiger partial charge in [-0.15, -0.1) is 11.6 Å². The van der Waals surface area contributed by atoms with E-state index in [-0.39, 0.29) is 23.5 Å². The van der Waals surface area contributed by atoms with E-state index in [1.54, 1.807) is 24.3 Å². The van der Waals surface area contributed by atoms with E-state index < -0.39 is 20.7 Å². The number of para-hydroxylation sites is 2. The average Bonchev–Trinajstić information content (AvgIpc) is 2.44. The minimum atomic E-state index is -1.63. The van der Waals surface area contributed by atoms with E-state index >= 15 is 0 Å². The lowest BCUT2D eigenvalue weighted by Crippen LogP contribution is -2.09. The van der Waals surface area contributed by atoms with E-state index in [1.165, 1.54) is 6.07 Å². The van der Waals surface area contributed by atoms with Crippen LogP contribution in [0.2, 0.25) is 0 Å². The van der Waals surface area contributed by atoms with Gasteiger partial charge >= 0.3 is 0 Å². The third-order valence-corrected chi connectivity index (χ3v) is 4.07. The number of rotatable bonds is 2. The molecule has 1 unspecified atom stereocenters. The van der Waals surface area contributed by atoms with Crippen molar-refractivity contribution < 1.29 is 19.7 Å². The van der Waals surface area contributed by atoms with Crippen molar-refractivity contribution in [2.24, 2.45) is 0 Å². The van der Waals surface area contributed by atoms with Crippen LogP contribution in [0.5, 0.6) is 34.5 Å². The highest BCUT2D eigenvalue weighted by Gasteiger charge is 2.34. The van der Waals surface area contributed by atoms with Crippen LogP contribution in [-0.4, -0.2) is 14.0 Å². The van der Waals surface area contributed by atoms with E-state index in [0.29, 0.717) is 11.5 Å². The van der Waals surface area contributed by atoms with Gasteiger partial charge in [-0.3, -0.25) is 0 Å². The van der Waals surface area contributed by atoms with E-state index in [4.69, 9.17) is 55.9 Å². The minimum absolute atomic E-state index is 0.0995. The zero-order valence-electron chi connectivity index (χ0n) is 11.4. The van der Waals surface area contributed by atoms with Crippen LogP contribution in [0.25, 0.3) is 0 Å². The molecule has 0 aromatic heterocycles. The van der Waals surface area contributed by atoms with Gasteiger partial charge in [0.1, 0.15) is 0 Å². The molecule has 0 aliphatic carbocycles. The van der Waals surface area contributed by atoms with Gasteiger partial charge in [-0.1, -0.05) is 46.9 Å². The number of ether oxygens (including phenoxy) is 2. The molecule has 23 heavy (non-hydrogen) atoms. The Balaban J connectivity index is 2.09. The molecule has 1 atom stereocenters. The quantitative estimate of drug-likeness (QED) is 0.410. The highest BCUT2D eigenvalue weighted by molar-refractivity contribution is 6.67. The summed E-state index contributed by atoms with van der Waals surface area (Å²) < 4.78 is 9.82. The fourth-order valence-electron chi connectivity index (χ4n) is 2.26. The monoisotopic (exact) mass is 394 g/mol. The molecule has 1 aliphatic rings. The van der Waals surface area contributed by atoms with Crippen LogP contribution in [-0.2, 0) is 0 Å². The molecule has 2 aromatic carbocycles. The van der Waals surface area contributed by atoms with Crippen molar-refractivity contribution >= 4 is 46.4 Å². The second-order valence-corrected chi connectivity index (χ2v) is 7.97. The van der Waals surface area contributed by atoms with Crippen molar-refractivity contribution in [3.8, 4) is 34.5 Å². The van der Waals surface area contributed by atoms with Gasteiger partial charge in [-0.2, -0.15) is 0 Å². The summed E-state index contributed by atoms with van der Waals surface area (Å²) in [5, 5.41) is 19.2. The normalized spacial score (nSPS) is 14.3. The molecule has 2 N–H and O–H groups in total. The van der Waals surface area contributed by atoms with Crippen LogP contribution in [0.15, 0.2) is 30.3 Å². The zero-order valence-corrected chi connectivity index (χ0v) is 14.4. The Morgan fingerprint density at radius 2 is 1.61 bits per heavy atom. The molecule has 0 spiro atoms. The molecule has 122 valence electrons. The second kappa shape index (κ2) is 6.02. The summed E-state index contributed by atoms with van der Waals surface area (Å²) in [7, 11) is 0. The summed E-state index contributed by atoms with van der Waals surface area (Å²) in [5.41, 5.74) is 0.0995. The predicted octanol–water partition coefficient (Wildman–Crippen LogP) is 6.04. The number of hydrogen-bond acceptors (Lipinski definition) is 4. The topological polar surface area (TPSA) is 58.9 Å². The number of phenolic OH excluding ortho intramolecular Hbond substituents is 2. The fourth-order valence-corrected chi connectivity index (χ4v) is 3.39. The van der Waals surface area contributed by atoms with Gasteiger partial charge in [0.2, 0.25) is 0 Å². The Morgan fingerprint density at radius 3 is 2.22 bits per heavy atom. The van der Waals surface area contributed by atoms with Gasteiger partial charge in [-0.05, 0) is 12.1 Å². The molecule has 3 rings (SSSR count). The fraction of sp³-hybridized carbons (Fsp3) is 0.200. The summed E-state index contributed by atoms with van der Waals surface area (Å²) >= 11 is 23.6. The Morgan fingerprint density at radius 1 is 1.00 bits per heavy atom. The van der Waals surface area contributed by atoms with Crippen LogP contribution in [0.3, 0.4) is 0 Å². The lowest BCUT2D eigenvalue weighted by atomic mass is 10.0. The first-order chi connectivity index (χ1) is 10.8. The standard InChI is InChI=1S/C15H10Cl4O4/c16-7(6-15(17,18)19)12-13(21)8(20)5-11-14(12)23-10-4-2-1-3-9(10)22-11/h1-5,7,20-21H,6H2. The molecular formula is C15H10Cl4O4. The maximum absolute atomic E-state index is 10.2. The molecule has 0 saturated carbocycles. The van der Waals surface area contributed by atoms with Gasteiger partial charge in [-0.25, -0.2) is 0 Å². The number of alkyl halides is 4. The lowest BCUT2D eigenvalue weighted by molar-refractivity contribution is 0.339. The number of fused-ring (bicyclic) bond motifs is 2. The van der Waals surface area contributed by atoms with Gasteiger partial charge in [0.05, 0.1) is 10.9 Å². The molecule has 0 amide bonds. The zero-order chi connectivity index (χ0) is 16.8. The maximum Gasteiger partial charge on any atom is 0.192 e. The van der Waals surface area contributed by atoms with Gasteiger partial charge in [0, 0.05) is 12.5 Å². The maximum atomic E-state index is 10.2. The first kappa shape index (κ1) is 16.7. The van der Waals surface area contributed by atoms with Crippen molar-refractivity contribution in [2.75, 3.05) is 0 Å². The molecule has 8 heteroatoms. The largest absolute Gasteiger partial charge is 0.504 e. The summed E-state index contributed by atoms with van der Waals surface area (Å²) in [6.45, 7) is 0. The Hall–Kier alpha value is -1.20. The Bertz CT molecular complexity index is 758. The molecule has 0 bridgehead atoms. The smallest absolute Gasteiger partial charge is 0.192 e. The summed E-state index contributed by atoms with van der Waals surface area (Å²) in [6.07, 6.45) is -0.103. The van der Waals surface area contributed by atoms with Gasteiger partial charge < -0.3 is 19.7 Å². The highest BCUT2D eigenvalue weighted by Crippen LogP contribution is 2.56. The summed E-state index contributed by atoms with van der Waals surface area (Å²) in [4.78, 5) is 0. The van der Waals surface area contributed by atoms with Crippen LogP contribution in [0, 0.1) is 0 Å². The Kier molecular flexibility index (Phi) is 4.36. The van der Waals surface area contributed by atoms with Crippen molar-refractivity contribution in [1.82, 2.24) is 0 Å². The molecule has 1 heterocycles. The van der Waals surface area contributed by atoms with Crippen LogP contribution in [0.1, 0.15) is 17.4 Å². The molecule has 4 nitrogen and oxygen atoms in total. The molecule has 0 saturated heterocycles. The third kappa shape index (κ3) is 3.36. The highest BCUT2D eigenvalue weighted by atomic mass is 35.6. The van der Waals surface area contributed by atoms with Gasteiger partial charge in [0.25, 0.3) is 0 Å². The first-order valence-electron chi connectivity index (χ1n) is 6.50. The number of aromatic hydroxyl groups is 2.